The molecular weight excluding hydrogens is 206 g/mol. The van der Waals surface area contributed by atoms with E-state index in [0.29, 0.717) is 13.2 Å². The summed E-state index contributed by atoms with van der Waals surface area (Å²) >= 11 is 0. The van der Waals surface area contributed by atoms with Gasteiger partial charge in [-0.2, -0.15) is 0 Å². The predicted octanol–water partition coefficient (Wildman–Crippen LogP) is 2.42. The number of rotatable bonds is 1. The third-order valence-electron chi connectivity index (χ3n) is 2.59. The van der Waals surface area contributed by atoms with E-state index in [4.69, 9.17) is 9.47 Å². The molecule has 0 aromatic heterocycles. The van der Waals surface area contributed by atoms with Crippen molar-refractivity contribution in [3.8, 4) is 0 Å². The molecule has 1 rings (SSSR count). The van der Waals surface area contributed by atoms with Gasteiger partial charge in [0.25, 0.3) is 0 Å². The van der Waals surface area contributed by atoms with Crippen LogP contribution in [0.1, 0.15) is 41.0 Å². The Bertz CT molecular complexity index is 247. The van der Waals surface area contributed by atoms with E-state index in [2.05, 4.69) is 6.92 Å². The van der Waals surface area contributed by atoms with Gasteiger partial charge in [0.15, 0.2) is 0 Å². The first-order valence-electron chi connectivity index (χ1n) is 5.94. The smallest absolute Gasteiger partial charge is 0.410 e. The summed E-state index contributed by atoms with van der Waals surface area (Å²) in [5.74, 6) is 0. The maximum absolute atomic E-state index is 11.9. The van der Waals surface area contributed by atoms with Crippen LogP contribution < -0.4 is 0 Å². The summed E-state index contributed by atoms with van der Waals surface area (Å²) in [6, 6.07) is 0.0950. The number of ether oxygens (including phenoxy) is 2. The second-order valence-corrected chi connectivity index (χ2v) is 5.35. The maximum atomic E-state index is 11.9. The van der Waals surface area contributed by atoms with Gasteiger partial charge in [-0.3, -0.25) is 0 Å². The van der Waals surface area contributed by atoms with Crippen molar-refractivity contribution < 1.29 is 14.3 Å². The first-order valence-corrected chi connectivity index (χ1v) is 5.94. The van der Waals surface area contributed by atoms with Crippen LogP contribution in [0.15, 0.2) is 0 Å². The summed E-state index contributed by atoms with van der Waals surface area (Å²) < 4.78 is 11.0. The fraction of sp³-hybridized carbons (Fsp3) is 0.917. The van der Waals surface area contributed by atoms with E-state index in [9.17, 15) is 4.79 Å². The Morgan fingerprint density at radius 2 is 2.12 bits per heavy atom. The van der Waals surface area contributed by atoms with Crippen molar-refractivity contribution in [2.24, 2.45) is 0 Å². The van der Waals surface area contributed by atoms with Crippen LogP contribution in [0.3, 0.4) is 0 Å². The van der Waals surface area contributed by atoms with E-state index in [0.717, 1.165) is 6.42 Å². The van der Waals surface area contributed by atoms with Crippen LogP contribution in [0.4, 0.5) is 4.79 Å². The van der Waals surface area contributed by atoms with Crippen molar-refractivity contribution in [1.29, 1.82) is 0 Å². The van der Waals surface area contributed by atoms with Gasteiger partial charge in [0.2, 0.25) is 0 Å². The molecule has 94 valence electrons. The lowest BCUT2D eigenvalue weighted by atomic mass is 10.1. The van der Waals surface area contributed by atoms with Crippen LogP contribution in [-0.4, -0.2) is 41.9 Å². The number of carbonyl (C=O) groups is 1. The van der Waals surface area contributed by atoms with Gasteiger partial charge < -0.3 is 14.4 Å². The van der Waals surface area contributed by atoms with Gasteiger partial charge in [-0.15, -0.1) is 0 Å². The number of nitrogens with zero attached hydrogens (tertiary/aromatic N) is 1. The van der Waals surface area contributed by atoms with Crippen LogP contribution in [0, 0.1) is 0 Å². The Labute approximate surface area is 97.9 Å². The molecule has 2 atom stereocenters. The van der Waals surface area contributed by atoms with Crippen molar-refractivity contribution in [2.45, 2.75) is 58.8 Å². The minimum absolute atomic E-state index is 0.0950. The molecule has 0 spiro atoms. The van der Waals surface area contributed by atoms with E-state index in [1.165, 1.54) is 0 Å². The topological polar surface area (TPSA) is 38.8 Å². The molecule has 1 saturated heterocycles. The third-order valence-corrected chi connectivity index (χ3v) is 2.59. The molecule has 0 unspecified atom stereocenters. The lowest BCUT2D eigenvalue weighted by molar-refractivity contribution is -0.0660. The van der Waals surface area contributed by atoms with Gasteiger partial charge in [0.1, 0.15) is 5.60 Å². The monoisotopic (exact) mass is 229 g/mol. The Hall–Kier alpha value is -0.770. The average Bonchev–Trinajstić information content (AvgIpc) is 2.15. The van der Waals surface area contributed by atoms with Crippen molar-refractivity contribution in [1.82, 2.24) is 4.90 Å². The molecule has 0 radical (unpaired) electrons. The van der Waals surface area contributed by atoms with Crippen LogP contribution in [0.25, 0.3) is 0 Å². The highest BCUT2D eigenvalue weighted by Crippen LogP contribution is 2.17. The summed E-state index contributed by atoms with van der Waals surface area (Å²) in [6.07, 6.45) is 0.830. The molecule has 1 fully saturated rings. The van der Waals surface area contributed by atoms with E-state index in [1.807, 2.05) is 27.7 Å². The molecule has 4 nitrogen and oxygen atoms in total. The largest absolute Gasteiger partial charge is 0.444 e. The quantitative estimate of drug-likeness (QED) is 0.693. The van der Waals surface area contributed by atoms with Crippen molar-refractivity contribution >= 4 is 6.09 Å². The van der Waals surface area contributed by atoms with E-state index in [1.54, 1.807) is 4.90 Å². The molecular formula is C12H23NO3. The van der Waals surface area contributed by atoms with E-state index < -0.39 is 5.60 Å². The second-order valence-electron chi connectivity index (χ2n) is 5.35. The summed E-state index contributed by atoms with van der Waals surface area (Å²) in [4.78, 5) is 13.7. The third kappa shape index (κ3) is 3.67. The minimum atomic E-state index is -0.434. The lowest BCUT2D eigenvalue weighted by Gasteiger charge is -2.38. The maximum Gasteiger partial charge on any atom is 0.410 e. The number of carbonyl (C=O) groups excluding carboxylic acids is 1. The minimum Gasteiger partial charge on any atom is -0.444 e. The predicted molar refractivity (Wildman–Crippen MR) is 62.4 cm³/mol. The Morgan fingerprint density at radius 3 is 2.62 bits per heavy atom. The molecule has 1 amide bonds. The number of hydrogen-bond donors (Lipinski definition) is 0. The number of morpholine rings is 1. The summed E-state index contributed by atoms with van der Waals surface area (Å²) in [5, 5.41) is 0. The van der Waals surface area contributed by atoms with Crippen LogP contribution >= 0.6 is 0 Å². The number of hydrogen-bond acceptors (Lipinski definition) is 3. The van der Waals surface area contributed by atoms with Gasteiger partial charge in [-0.1, -0.05) is 6.92 Å². The molecule has 0 saturated carbocycles. The molecule has 0 aliphatic carbocycles. The van der Waals surface area contributed by atoms with Gasteiger partial charge in [-0.25, -0.2) is 4.79 Å². The highest BCUT2D eigenvalue weighted by Gasteiger charge is 2.31. The Kier molecular flexibility index (Phi) is 4.19. The molecule has 4 heteroatoms. The SMILES string of the molecule is CC[C@@H]1CN(C(=O)OC(C)(C)C)[C@H](C)CO1. The van der Waals surface area contributed by atoms with Gasteiger partial charge in [-0.05, 0) is 34.1 Å². The average molecular weight is 229 g/mol. The fourth-order valence-electron chi connectivity index (χ4n) is 1.64. The lowest BCUT2D eigenvalue weighted by Crippen LogP contribution is -2.52. The second kappa shape index (κ2) is 5.04. The zero-order valence-corrected chi connectivity index (χ0v) is 10.9. The molecule has 1 aliphatic heterocycles. The van der Waals surface area contributed by atoms with Crippen molar-refractivity contribution in [2.75, 3.05) is 13.2 Å². The van der Waals surface area contributed by atoms with Gasteiger partial charge in [0, 0.05) is 0 Å². The van der Waals surface area contributed by atoms with E-state index >= 15 is 0 Å². The Morgan fingerprint density at radius 1 is 1.50 bits per heavy atom. The zero-order valence-electron chi connectivity index (χ0n) is 10.9. The van der Waals surface area contributed by atoms with Gasteiger partial charge >= 0.3 is 6.09 Å². The van der Waals surface area contributed by atoms with Crippen molar-refractivity contribution in [3.63, 3.8) is 0 Å². The van der Waals surface area contributed by atoms with Gasteiger partial charge in [0.05, 0.1) is 25.3 Å². The molecule has 0 aromatic carbocycles. The first-order chi connectivity index (χ1) is 7.33. The molecule has 16 heavy (non-hydrogen) atoms. The van der Waals surface area contributed by atoms with E-state index in [-0.39, 0.29) is 18.2 Å². The van der Waals surface area contributed by atoms with Crippen LogP contribution in [0.5, 0.6) is 0 Å². The summed E-state index contributed by atoms with van der Waals surface area (Å²) in [5.41, 5.74) is -0.434. The Balaban J connectivity index is 2.59. The first kappa shape index (κ1) is 13.3. The van der Waals surface area contributed by atoms with Crippen LogP contribution in [-0.2, 0) is 9.47 Å². The van der Waals surface area contributed by atoms with Crippen LogP contribution in [0.2, 0.25) is 0 Å². The highest BCUT2D eigenvalue weighted by atomic mass is 16.6. The molecule has 0 aromatic rings. The highest BCUT2D eigenvalue weighted by molar-refractivity contribution is 5.68. The van der Waals surface area contributed by atoms with Crippen molar-refractivity contribution in [3.05, 3.63) is 0 Å². The zero-order chi connectivity index (χ0) is 12.3. The number of amides is 1. The molecule has 0 bridgehead atoms. The summed E-state index contributed by atoms with van der Waals surface area (Å²) in [7, 11) is 0. The fourth-order valence-corrected chi connectivity index (χ4v) is 1.64. The standard InChI is InChI=1S/C12H23NO3/c1-6-10-7-13(9(2)8-15-10)11(14)16-12(3,4)5/h9-10H,6-8H2,1-5H3/t9-,10-/m1/s1. The molecule has 1 aliphatic rings. The molecule has 1 heterocycles. The normalized spacial score (nSPS) is 26.7. The summed E-state index contributed by atoms with van der Waals surface area (Å²) in [6.45, 7) is 10.9. The molecule has 0 N–H and O–H groups in total.